The van der Waals surface area contributed by atoms with Gasteiger partial charge in [0, 0.05) is 11.5 Å². The molecule has 0 bridgehead atoms. The quantitative estimate of drug-likeness (QED) is 0.714. The van der Waals surface area contributed by atoms with Gasteiger partial charge in [0.2, 0.25) is 5.06 Å². The lowest BCUT2D eigenvalue weighted by atomic mass is 10.4. The fourth-order valence-corrected chi connectivity index (χ4v) is 1.52. The molecule has 0 aliphatic carbocycles. The Morgan fingerprint density at radius 2 is 2.55 bits per heavy atom. The van der Waals surface area contributed by atoms with E-state index in [1.54, 1.807) is 0 Å². The largest absolute Gasteiger partial charge is 0.482 e. The zero-order valence-corrected chi connectivity index (χ0v) is 7.37. The van der Waals surface area contributed by atoms with Gasteiger partial charge < -0.3 is 4.74 Å². The minimum atomic E-state index is 0.223. The van der Waals surface area contributed by atoms with Gasteiger partial charge in [0.05, 0.1) is 6.61 Å². The van der Waals surface area contributed by atoms with Crippen LogP contribution in [0.5, 0.6) is 5.06 Å². The van der Waals surface area contributed by atoms with Crippen molar-refractivity contribution in [2.45, 2.75) is 6.92 Å². The van der Waals surface area contributed by atoms with Crippen molar-refractivity contribution in [3.8, 4) is 11.1 Å². The maximum Gasteiger partial charge on any atom is 0.213 e. The SMILES string of the molecule is CCOc1snc(Cl)c1C#N. The first-order valence-corrected chi connectivity index (χ1v) is 4.12. The summed E-state index contributed by atoms with van der Waals surface area (Å²) in [6, 6.07) is 1.92. The van der Waals surface area contributed by atoms with Crippen molar-refractivity contribution in [3.63, 3.8) is 0 Å². The van der Waals surface area contributed by atoms with Gasteiger partial charge in [-0.25, -0.2) is 0 Å². The lowest BCUT2D eigenvalue weighted by molar-refractivity contribution is 0.349. The number of rotatable bonds is 2. The van der Waals surface area contributed by atoms with Crippen LogP contribution in [0.1, 0.15) is 12.5 Å². The van der Waals surface area contributed by atoms with Crippen LogP contribution in [0, 0.1) is 11.3 Å². The Morgan fingerprint density at radius 1 is 1.82 bits per heavy atom. The summed E-state index contributed by atoms with van der Waals surface area (Å²) in [5, 5.41) is 9.29. The minimum Gasteiger partial charge on any atom is -0.482 e. The maximum absolute atomic E-state index is 8.57. The van der Waals surface area contributed by atoms with E-state index >= 15 is 0 Å². The molecule has 1 aromatic heterocycles. The lowest BCUT2D eigenvalue weighted by Gasteiger charge is -1.95. The second-order valence-corrected chi connectivity index (χ2v) is 2.77. The summed E-state index contributed by atoms with van der Waals surface area (Å²) in [7, 11) is 0. The van der Waals surface area contributed by atoms with Gasteiger partial charge >= 0.3 is 0 Å². The first-order valence-electron chi connectivity index (χ1n) is 2.97. The van der Waals surface area contributed by atoms with Crippen molar-refractivity contribution in [1.82, 2.24) is 4.37 Å². The Labute approximate surface area is 73.3 Å². The standard InChI is InChI=1S/C6H5ClN2OS/c1-2-10-6-4(3-8)5(7)9-11-6/h2H2,1H3. The summed E-state index contributed by atoms with van der Waals surface area (Å²) in [6.45, 7) is 2.36. The van der Waals surface area contributed by atoms with Crippen molar-refractivity contribution in [2.75, 3.05) is 6.61 Å². The van der Waals surface area contributed by atoms with Crippen LogP contribution in [0.15, 0.2) is 0 Å². The Kier molecular flexibility index (Phi) is 2.69. The lowest BCUT2D eigenvalue weighted by Crippen LogP contribution is -1.89. The van der Waals surface area contributed by atoms with Crippen molar-refractivity contribution in [2.24, 2.45) is 0 Å². The van der Waals surface area contributed by atoms with Crippen molar-refractivity contribution in [3.05, 3.63) is 10.7 Å². The molecule has 1 aromatic rings. The number of halogens is 1. The molecule has 0 radical (unpaired) electrons. The molecule has 1 rings (SSSR count). The van der Waals surface area contributed by atoms with Crippen LogP contribution in [-0.4, -0.2) is 11.0 Å². The van der Waals surface area contributed by atoms with E-state index in [1.807, 2.05) is 13.0 Å². The molecule has 0 saturated carbocycles. The Balaban J connectivity index is 2.98. The normalized spacial score (nSPS) is 9.18. The van der Waals surface area contributed by atoms with Gasteiger partial charge in [0.25, 0.3) is 0 Å². The monoisotopic (exact) mass is 188 g/mol. The molecule has 11 heavy (non-hydrogen) atoms. The minimum absolute atomic E-state index is 0.223. The maximum atomic E-state index is 8.57. The van der Waals surface area contributed by atoms with Crippen molar-refractivity contribution >= 4 is 23.1 Å². The van der Waals surface area contributed by atoms with E-state index in [0.717, 1.165) is 11.5 Å². The van der Waals surface area contributed by atoms with Crippen LogP contribution < -0.4 is 4.74 Å². The van der Waals surface area contributed by atoms with Crippen LogP contribution in [0.25, 0.3) is 0 Å². The zero-order chi connectivity index (χ0) is 8.27. The summed E-state index contributed by atoms with van der Waals surface area (Å²) >= 11 is 6.68. The third-order valence-electron chi connectivity index (χ3n) is 1.01. The van der Waals surface area contributed by atoms with Gasteiger partial charge in [0.1, 0.15) is 11.6 Å². The molecule has 3 nitrogen and oxygen atoms in total. The van der Waals surface area contributed by atoms with Gasteiger partial charge in [-0.05, 0) is 6.92 Å². The third-order valence-corrected chi connectivity index (χ3v) is 2.14. The molecule has 0 aliphatic heterocycles. The van der Waals surface area contributed by atoms with Crippen LogP contribution >= 0.6 is 23.1 Å². The second kappa shape index (κ2) is 3.56. The third kappa shape index (κ3) is 1.62. The average Bonchev–Trinajstić information content (AvgIpc) is 2.33. The molecule has 1 heterocycles. The van der Waals surface area contributed by atoms with Gasteiger partial charge in [-0.2, -0.15) is 9.64 Å². The van der Waals surface area contributed by atoms with Crippen LogP contribution in [0.2, 0.25) is 5.15 Å². The highest BCUT2D eigenvalue weighted by Crippen LogP contribution is 2.29. The summed E-state index contributed by atoms with van der Waals surface area (Å²) < 4.78 is 8.86. The topological polar surface area (TPSA) is 45.9 Å². The molecular weight excluding hydrogens is 184 g/mol. The molecule has 0 aromatic carbocycles. The predicted octanol–water partition coefficient (Wildman–Crippen LogP) is 2.07. The van der Waals surface area contributed by atoms with Crippen molar-refractivity contribution in [1.29, 1.82) is 5.26 Å². The van der Waals surface area contributed by atoms with Gasteiger partial charge in [-0.15, -0.1) is 0 Å². The molecule has 58 valence electrons. The number of aromatic nitrogens is 1. The summed E-state index contributed by atoms with van der Waals surface area (Å²) in [5.41, 5.74) is 0.332. The van der Waals surface area contributed by atoms with E-state index in [4.69, 9.17) is 21.6 Å². The van der Waals surface area contributed by atoms with Gasteiger partial charge in [-0.1, -0.05) is 11.6 Å². The van der Waals surface area contributed by atoms with Crippen LogP contribution in [-0.2, 0) is 0 Å². The molecule has 5 heteroatoms. The Bertz CT molecular complexity index is 291. The molecule has 0 spiro atoms. The predicted molar refractivity (Wildman–Crippen MR) is 43.0 cm³/mol. The van der Waals surface area contributed by atoms with E-state index in [9.17, 15) is 0 Å². The molecule has 0 atom stereocenters. The Morgan fingerprint density at radius 3 is 3.09 bits per heavy atom. The summed E-state index contributed by atoms with van der Waals surface area (Å²) in [5.74, 6) is 0. The fourth-order valence-electron chi connectivity index (χ4n) is 0.578. The number of ether oxygens (including phenoxy) is 1. The molecule has 0 N–H and O–H groups in total. The van der Waals surface area contributed by atoms with Gasteiger partial charge in [-0.3, -0.25) is 0 Å². The number of nitrogens with zero attached hydrogens (tertiary/aromatic N) is 2. The summed E-state index contributed by atoms with van der Waals surface area (Å²) in [4.78, 5) is 0. The number of hydrogen-bond acceptors (Lipinski definition) is 4. The van der Waals surface area contributed by atoms with E-state index in [-0.39, 0.29) is 5.15 Å². The highest BCUT2D eigenvalue weighted by atomic mass is 35.5. The highest BCUT2D eigenvalue weighted by Gasteiger charge is 2.11. The molecule has 0 amide bonds. The zero-order valence-electron chi connectivity index (χ0n) is 5.80. The van der Waals surface area contributed by atoms with E-state index in [2.05, 4.69) is 4.37 Å². The fraction of sp³-hybridized carbons (Fsp3) is 0.333. The van der Waals surface area contributed by atoms with Crippen molar-refractivity contribution < 1.29 is 4.74 Å². The molecule has 0 aliphatic rings. The van der Waals surface area contributed by atoms with Crippen LogP contribution in [0.3, 0.4) is 0 Å². The van der Waals surface area contributed by atoms with E-state index in [1.165, 1.54) is 0 Å². The number of hydrogen-bond donors (Lipinski definition) is 0. The first-order chi connectivity index (χ1) is 5.29. The molecule has 0 fully saturated rings. The number of nitriles is 1. The second-order valence-electron chi connectivity index (χ2n) is 1.68. The Hall–Kier alpha value is -0.790. The van der Waals surface area contributed by atoms with E-state index < -0.39 is 0 Å². The summed E-state index contributed by atoms with van der Waals surface area (Å²) in [6.07, 6.45) is 0. The molecule has 0 saturated heterocycles. The molecular formula is C6H5ClN2OS. The van der Waals surface area contributed by atoms with Crippen LogP contribution in [0.4, 0.5) is 0 Å². The smallest absolute Gasteiger partial charge is 0.213 e. The highest BCUT2D eigenvalue weighted by molar-refractivity contribution is 7.08. The first kappa shape index (κ1) is 8.31. The van der Waals surface area contributed by atoms with Gasteiger partial charge in [0.15, 0.2) is 5.15 Å². The average molecular weight is 189 g/mol. The molecule has 0 unspecified atom stereocenters. The van der Waals surface area contributed by atoms with E-state index in [0.29, 0.717) is 17.2 Å².